The Morgan fingerprint density at radius 2 is 1.20 bits per heavy atom. The number of carbonyl (C=O) groups is 1. The van der Waals surface area contributed by atoms with E-state index in [1.165, 1.54) is 43.6 Å². The van der Waals surface area contributed by atoms with Crippen molar-refractivity contribution < 1.29 is 4.79 Å². The molecule has 1 nitrogen and oxygen atoms in total. The molecular weight excluding hydrogens is 391 g/mol. The molecule has 0 heterocycles. The van der Waals surface area contributed by atoms with Crippen molar-refractivity contribution in [3.8, 4) is 0 Å². The summed E-state index contributed by atoms with van der Waals surface area (Å²) in [6.45, 7) is 1.68. The minimum absolute atomic E-state index is 0.0481. The molecular formula is C22H16OSSe. The molecule has 122 valence electrons. The van der Waals surface area contributed by atoms with Crippen LogP contribution in [0.25, 0.3) is 0 Å². The van der Waals surface area contributed by atoms with Crippen LogP contribution in [0.1, 0.15) is 46.2 Å². The SMILES string of the molecule is CC(=O)S[Se]C12c3ccccc3C(c3ccccc31)c1ccccc12. The molecule has 0 atom stereocenters. The van der Waals surface area contributed by atoms with E-state index in [0.717, 1.165) is 0 Å². The minimum atomic E-state index is -0.179. The first kappa shape index (κ1) is 15.5. The van der Waals surface area contributed by atoms with Crippen LogP contribution in [-0.2, 0) is 9.11 Å². The molecule has 3 heteroatoms. The van der Waals surface area contributed by atoms with Gasteiger partial charge in [-0.15, -0.1) is 0 Å². The maximum atomic E-state index is 11.9. The first-order valence-electron chi connectivity index (χ1n) is 8.38. The average Bonchev–Trinajstić information content (AvgIpc) is 2.66. The molecule has 0 saturated heterocycles. The normalized spacial score (nSPS) is 22.0. The van der Waals surface area contributed by atoms with Gasteiger partial charge in [-0.05, 0) is 0 Å². The van der Waals surface area contributed by atoms with Gasteiger partial charge in [-0.25, -0.2) is 0 Å². The van der Waals surface area contributed by atoms with Crippen LogP contribution in [0, 0.1) is 0 Å². The van der Waals surface area contributed by atoms with E-state index < -0.39 is 0 Å². The molecule has 6 rings (SSSR count). The second-order valence-electron chi connectivity index (χ2n) is 6.53. The van der Waals surface area contributed by atoms with E-state index in [9.17, 15) is 4.79 Å². The second-order valence-corrected chi connectivity index (χ2v) is 10.8. The number of hydrogen-bond acceptors (Lipinski definition) is 2. The molecule has 0 unspecified atom stereocenters. The summed E-state index contributed by atoms with van der Waals surface area (Å²) in [5.74, 6) is 0.309. The molecule has 0 aliphatic heterocycles. The van der Waals surface area contributed by atoms with E-state index in [1.54, 1.807) is 6.92 Å². The van der Waals surface area contributed by atoms with E-state index in [0.29, 0.717) is 5.92 Å². The first-order chi connectivity index (χ1) is 12.2. The number of hydrogen-bond donors (Lipinski definition) is 0. The Balaban J connectivity index is 1.90. The molecule has 25 heavy (non-hydrogen) atoms. The van der Waals surface area contributed by atoms with Crippen LogP contribution in [0.2, 0.25) is 0 Å². The average molecular weight is 407 g/mol. The number of benzene rings is 3. The van der Waals surface area contributed by atoms with E-state index in [2.05, 4.69) is 72.8 Å². The van der Waals surface area contributed by atoms with Gasteiger partial charge in [0.2, 0.25) is 0 Å². The van der Waals surface area contributed by atoms with Gasteiger partial charge >= 0.3 is 157 Å². The molecule has 0 spiro atoms. The van der Waals surface area contributed by atoms with Crippen LogP contribution >= 0.6 is 10.2 Å². The van der Waals surface area contributed by atoms with Crippen LogP contribution in [0.3, 0.4) is 0 Å². The fourth-order valence-corrected chi connectivity index (χ4v) is 9.30. The van der Waals surface area contributed by atoms with Gasteiger partial charge in [-0.1, -0.05) is 0 Å². The predicted molar refractivity (Wildman–Crippen MR) is 104 cm³/mol. The third-order valence-corrected chi connectivity index (χ3v) is 10.8. The predicted octanol–water partition coefficient (Wildman–Crippen LogP) is 4.68. The Hall–Kier alpha value is -1.80. The van der Waals surface area contributed by atoms with Crippen molar-refractivity contribution in [1.29, 1.82) is 0 Å². The van der Waals surface area contributed by atoms with Crippen LogP contribution in [0.5, 0.6) is 0 Å². The van der Waals surface area contributed by atoms with Gasteiger partial charge in [0, 0.05) is 0 Å². The van der Waals surface area contributed by atoms with Gasteiger partial charge < -0.3 is 0 Å². The van der Waals surface area contributed by atoms with E-state index in [4.69, 9.17) is 0 Å². The topological polar surface area (TPSA) is 17.1 Å². The molecule has 0 N–H and O–H groups in total. The van der Waals surface area contributed by atoms with Gasteiger partial charge in [-0.2, -0.15) is 0 Å². The molecule has 0 saturated carbocycles. The fourth-order valence-electron chi connectivity index (χ4n) is 4.40. The van der Waals surface area contributed by atoms with Crippen LogP contribution < -0.4 is 0 Å². The van der Waals surface area contributed by atoms with Gasteiger partial charge in [0.15, 0.2) is 0 Å². The molecule has 3 aliphatic carbocycles. The summed E-state index contributed by atoms with van der Waals surface area (Å²) in [6.07, 6.45) is 0. The Bertz CT molecular complexity index is 894. The molecule has 3 aliphatic rings. The standard InChI is InChI=1S/C22H16OSSe/c1-14(23)24-25-22-18-11-5-2-8-15(18)21(16-9-3-6-12-19(16)22)17-10-4-7-13-20(17)22/h2-13,21H,1H3. The van der Waals surface area contributed by atoms with Gasteiger partial charge in [0.05, 0.1) is 0 Å². The summed E-state index contributed by atoms with van der Waals surface area (Å²) in [5.41, 5.74) is 8.41. The zero-order valence-electron chi connectivity index (χ0n) is 13.7. The van der Waals surface area contributed by atoms with Crippen LogP contribution in [-0.4, -0.2) is 19.0 Å². The van der Waals surface area contributed by atoms with Crippen molar-refractivity contribution >= 4 is 29.1 Å². The maximum absolute atomic E-state index is 11.9. The van der Waals surface area contributed by atoms with E-state index >= 15 is 0 Å². The van der Waals surface area contributed by atoms with Gasteiger partial charge in [0.1, 0.15) is 0 Å². The molecule has 3 aromatic carbocycles. The Kier molecular flexibility index (Phi) is 3.46. The second kappa shape index (κ2) is 5.60. The molecule has 2 bridgehead atoms. The first-order valence-corrected chi connectivity index (χ1v) is 12.1. The molecule has 0 fully saturated rings. The van der Waals surface area contributed by atoms with Crippen LogP contribution in [0.4, 0.5) is 0 Å². The Morgan fingerprint density at radius 1 is 0.800 bits per heavy atom. The summed E-state index contributed by atoms with van der Waals surface area (Å²) in [5, 5.41) is 0.203. The quantitative estimate of drug-likeness (QED) is 0.574. The monoisotopic (exact) mass is 408 g/mol. The fraction of sp³-hybridized carbons (Fsp3) is 0.136. The third-order valence-electron chi connectivity index (χ3n) is 5.24. The van der Waals surface area contributed by atoms with E-state index in [-0.39, 0.29) is 23.3 Å². The number of carbonyl (C=O) groups excluding carboxylic acids is 1. The Morgan fingerprint density at radius 3 is 1.60 bits per heavy atom. The third kappa shape index (κ3) is 2.01. The zero-order chi connectivity index (χ0) is 17.0. The molecule has 0 radical (unpaired) electrons. The summed E-state index contributed by atoms with van der Waals surface area (Å²) in [7, 11) is 1.50. The molecule has 3 aromatic rings. The van der Waals surface area contributed by atoms with Gasteiger partial charge in [0.25, 0.3) is 0 Å². The van der Waals surface area contributed by atoms with Crippen molar-refractivity contribution in [2.75, 3.05) is 0 Å². The van der Waals surface area contributed by atoms with Crippen LogP contribution in [0.15, 0.2) is 72.8 Å². The summed E-state index contributed by atoms with van der Waals surface area (Å²) < 4.78 is -0.179. The zero-order valence-corrected chi connectivity index (χ0v) is 16.3. The summed E-state index contributed by atoms with van der Waals surface area (Å²) in [6, 6.07) is 26.5. The van der Waals surface area contributed by atoms with Gasteiger partial charge in [-0.3, -0.25) is 0 Å². The van der Waals surface area contributed by atoms with Crippen molar-refractivity contribution in [3.05, 3.63) is 106 Å². The molecule has 0 amide bonds. The van der Waals surface area contributed by atoms with Crippen molar-refractivity contribution in [2.24, 2.45) is 0 Å². The summed E-state index contributed by atoms with van der Waals surface area (Å²) in [4.78, 5) is 11.9. The van der Waals surface area contributed by atoms with E-state index in [1.807, 2.05) is 0 Å². The van der Waals surface area contributed by atoms with Crippen molar-refractivity contribution in [2.45, 2.75) is 17.2 Å². The van der Waals surface area contributed by atoms with Crippen molar-refractivity contribution in [3.63, 3.8) is 0 Å². The number of rotatable bonds is 2. The molecule has 0 aromatic heterocycles. The van der Waals surface area contributed by atoms with Crippen molar-refractivity contribution in [1.82, 2.24) is 0 Å². The Labute approximate surface area is 157 Å². The summed E-state index contributed by atoms with van der Waals surface area (Å²) >= 11 is 0.0481.